The Morgan fingerprint density at radius 3 is 2.40 bits per heavy atom. The second kappa shape index (κ2) is 9.21. The van der Waals surface area contributed by atoms with Crippen LogP contribution in [0.2, 0.25) is 0 Å². The molecule has 0 aliphatic heterocycles. The molecule has 4 heteroatoms. The molecule has 1 aliphatic rings. The van der Waals surface area contributed by atoms with Gasteiger partial charge < -0.3 is 10.6 Å². The van der Waals surface area contributed by atoms with Crippen molar-refractivity contribution in [3.63, 3.8) is 0 Å². The van der Waals surface area contributed by atoms with E-state index in [4.69, 9.17) is 0 Å². The fourth-order valence-corrected chi connectivity index (χ4v) is 2.57. The molecule has 0 saturated heterocycles. The van der Waals surface area contributed by atoms with Crippen molar-refractivity contribution in [3.8, 4) is 0 Å². The lowest BCUT2D eigenvalue weighted by atomic mass is 9.87. The fraction of sp³-hybridized carbons (Fsp3) is 0.562. The van der Waals surface area contributed by atoms with E-state index in [-0.39, 0.29) is 24.0 Å². The van der Waals surface area contributed by atoms with Crippen molar-refractivity contribution in [2.24, 2.45) is 10.9 Å². The Labute approximate surface area is 139 Å². The number of aliphatic imine (C=N–C) groups is 1. The van der Waals surface area contributed by atoms with Crippen LogP contribution >= 0.6 is 24.0 Å². The minimum atomic E-state index is 0. The molecule has 3 nitrogen and oxygen atoms in total. The third-order valence-corrected chi connectivity index (χ3v) is 3.88. The van der Waals surface area contributed by atoms with E-state index >= 15 is 0 Å². The number of rotatable bonds is 3. The average Bonchev–Trinajstić information content (AvgIpc) is 2.46. The van der Waals surface area contributed by atoms with Gasteiger partial charge in [0.15, 0.2) is 5.96 Å². The van der Waals surface area contributed by atoms with Crippen molar-refractivity contribution < 1.29 is 0 Å². The predicted molar refractivity (Wildman–Crippen MR) is 96.6 cm³/mol. The molecule has 0 amide bonds. The van der Waals surface area contributed by atoms with E-state index in [1.54, 1.807) is 0 Å². The summed E-state index contributed by atoms with van der Waals surface area (Å²) in [6.45, 7) is 3.17. The summed E-state index contributed by atoms with van der Waals surface area (Å²) in [4.78, 5) is 4.31. The highest BCUT2D eigenvalue weighted by Gasteiger charge is 2.18. The zero-order valence-electron chi connectivity index (χ0n) is 12.4. The van der Waals surface area contributed by atoms with Crippen LogP contribution in [-0.2, 0) is 6.54 Å². The second-order valence-electron chi connectivity index (χ2n) is 5.51. The topological polar surface area (TPSA) is 36.4 Å². The van der Waals surface area contributed by atoms with Crippen molar-refractivity contribution in [3.05, 3.63) is 35.9 Å². The number of benzene rings is 1. The van der Waals surface area contributed by atoms with Crippen molar-refractivity contribution in [2.75, 3.05) is 7.05 Å². The van der Waals surface area contributed by atoms with E-state index in [1.165, 1.54) is 31.2 Å². The second-order valence-corrected chi connectivity index (χ2v) is 5.51. The largest absolute Gasteiger partial charge is 0.354 e. The van der Waals surface area contributed by atoms with Gasteiger partial charge in [0.2, 0.25) is 0 Å². The van der Waals surface area contributed by atoms with Crippen LogP contribution in [0.1, 0.15) is 38.2 Å². The van der Waals surface area contributed by atoms with Gasteiger partial charge in [0.25, 0.3) is 0 Å². The smallest absolute Gasteiger partial charge is 0.191 e. The number of nitrogens with zero attached hydrogens (tertiary/aromatic N) is 1. The molecule has 0 unspecified atom stereocenters. The first-order valence-electron chi connectivity index (χ1n) is 7.29. The summed E-state index contributed by atoms with van der Waals surface area (Å²) >= 11 is 0. The van der Waals surface area contributed by atoms with E-state index in [0.717, 1.165) is 18.4 Å². The zero-order chi connectivity index (χ0) is 13.5. The number of nitrogens with one attached hydrogen (secondary N) is 2. The van der Waals surface area contributed by atoms with Gasteiger partial charge in [-0.3, -0.25) is 4.99 Å². The van der Waals surface area contributed by atoms with Crippen LogP contribution in [0.4, 0.5) is 0 Å². The molecule has 0 aromatic heterocycles. The molecular formula is C16H26IN3. The molecule has 0 heterocycles. The maximum Gasteiger partial charge on any atom is 0.191 e. The summed E-state index contributed by atoms with van der Waals surface area (Å²) in [6.07, 6.45) is 5.17. The van der Waals surface area contributed by atoms with E-state index in [0.29, 0.717) is 6.04 Å². The Morgan fingerprint density at radius 2 is 1.80 bits per heavy atom. The monoisotopic (exact) mass is 387 g/mol. The minimum Gasteiger partial charge on any atom is -0.354 e. The zero-order valence-corrected chi connectivity index (χ0v) is 14.8. The lowest BCUT2D eigenvalue weighted by Gasteiger charge is -2.28. The van der Waals surface area contributed by atoms with E-state index in [2.05, 4.69) is 46.8 Å². The van der Waals surface area contributed by atoms with Gasteiger partial charge in [-0.05, 0) is 37.2 Å². The summed E-state index contributed by atoms with van der Waals surface area (Å²) in [5.74, 6) is 1.81. The molecule has 1 aliphatic carbocycles. The molecule has 0 radical (unpaired) electrons. The van der Waals surface area contributed by atoms with Crippen LogP contribution in [0.3, 0.4) is 0 Å². The number of halogens is 1. The standard InChI is InChI=1S/C16H25N3.HI/c1-13-8-10-15(11-9-13)19-16(17-2)18-12-14-6-4-3-5-7-14;/h3-7,13,15H,8-12H2,1-2H3,(H2,17,18,19);1H. The van der Waals surface area contributed by atoms with Gasteiger partial charge in [0.05, 0.1) is 0 Å². The maximum absolute atomic E-state index is 4.31. The third kappa shape index (κ3) is 5.69. The van der Waals surface area contributed by atoms with Crippen LogP contribution < -0.4 is 10.6 Å². The lowest BCUT2D eigenvalue weighted by molar-refractivity contribution is 0.329. The Balaban J connectivity index is 0.00000200. The van der Waals surface area contributed by atoms with Crippen LogP contribution in [0.15, 0.2) is 35.3 Å². The van der Waals surface area contributed by atoms with Crippen molar-refractivity contribution in [2.45, 2.75) is 45.2 Å². The average molecular weight is 387 g/mol. The Morgan fingerprint density at radius 1 is 1.15 bits per heavy atom. The lowest BCUT2D eigenvalue weighted by Crippen LogP contribution is -2.44. The quantitative estimate of drug-likeness (QED) is 0.473. The molecular weight excluding hydrogens is 361 g/mol. The van der Waals surface area contributed by atoms with Crippen LogP contribution in [0, 0.1) is 5.92 Å². The van der Waals surface area contributed by atoms with Gasteiger partial charge in [0.1, 0.15) is 0 Å². The molecule has 20 heavy (non-hydrogen) atoms. The molecule has 0 bridgehead atoms. The van der Waals surface area contributed by atoms with Gasteiger partial charge in [-0.15, -0.1) is 24.0 Å². The predicted octanol–water partition coefficient (Wildman–Crippen LogP) is 3.55. The molecule has 1 aromatic rings. The number of guanidine groups is 1. The minimum absolute atomic E-state index is 0. The highest BCUT2D eigenvalue weighted by Crippen LogP contribution is 2.23. The molecule has 1 aromatic carbocycles. The maximum atomic E-state index is 4.31. The fourth-order valence-electron chi connectivity index (χ4n) is 2.57. The molecule has 0 spiro atoms. The summed E-state index contributed by atoms with van der Waals surface area (Å²) in [6, 6.07) is 11.0. The summed E-state index contributed by atoms with van der Waals surface area (Å²) in [7, 11) is 1.84. The number of hydrogen-bond donors (Lipinski definition) is 2. The first-order valence-corrected chi connectivity index (χ1v) is 7.29. The van der Waals surface area contributed by atoms with E-state index in [1.807, 2.05) is 13.1 Å². The van der Waals surface area contributed by atoms with Crippen molar-refractivity contribution in [1.29, 1.82) is 0 Å². The Kier molecular flexibility index (Phi) is 7.95. The van der Waals surface area contributed by atoms with Crippen LogP contribution in [0.5, 0.6) is 0 Å². The summed E-state index contributed by atoms with van der Waals surface area (Å²) < 4.78 is 0. The number of hydrogen-bond acceptors (Lipinski definition) is 1. The van der Waals surface area contributed by atoms with Crippen molar-refractivity contribution in [1.82, 2.24) is 10.6 Å². The normalized spacial score (nSPS) is 22.8. The molecule has 1 saturated carbocycles. The van der Waals surface area contributed by atoms with Gasteiger partial charge in [-0.1, -0.05) is 37.3 Å². The molecule has 2 N–H and O–H groups in total. The third-order valence-electron chi connectivity index (χ3n) is 3.88. The first-order chi connectivity index (χ1) is 9.28. The van der Waals surface area contributed by atoms with Crippen LogP contribution in [-0.4, -0.2) is 19.0 Å². The van der Waals surface area contributed by atoms with Crippen LogP contribution in [0.25, 0.3) is 0 Å². The summed E-state index contributed by atoms with van der Waals surface area (Å²) in [5, 5.41) is 6.92. The molecule has 1 fully saturated rings. The van der Waals surface area contributed by atoms with E-state index < -0.39 is 0 Å². The van der Waals surface area contributed by atoms with Gasteiger partial charge in [0, 0.05) is 19.6 Å². The first kappa shape index (κ1) is 17.3. The van der Waals surface area contributed by atoms with Gasteiger partial charge in [-0.25, -0.2) is 0 Å². The molecule has 0 atom stereocenters. The highest BCUT2D eigenvalue weighted by molar-refractivity contribution is 14.0. The van der Waals surface area contributed by atoms with E-state index in [9.17, 15) is 0 Å². The Bertz CT molecular complexity index is 397. The summed E-state index contributed by atoms with van der Waals surface area (Å²) in [5.41, 5.74) is 1.28. The van der Waals surface area contributed by atoms with Gasteiger partial charge in [-0.2, -0.15) is 0 Å². The SMILES string of the molecule is CN=C(NCc1ccccc1)NC1CCC(C)CC1.I. The molecule has 112 valence electrons. The van der Waals surface area contributed by atoms with Crippen molar-refractivity contribution >= 4 is 29.9 Å². The van der Waals surface area contributed by atoms with Gasteiger partial charge >= 0.3 is 0 Å². The Hall–Kier alpha value is -0.780. The highest BCUT2D eigenvalue weighted by atomic mass is 127. The molecule has 2 rings (SSSR count).